The Morgan fingerprint density at radius 1 is 1.22 bits per heavy atom. The zero-order chi connectivity index (χ0) is 12.8. The summed E-state index contributed by atoms with van der Waals surface area (Å²) >= 11 is 0. The van der Waals surface area contributed by atoms with Gasteiger partial charge in [-0.15, -0.1) is 0 Å². The summed E-state index contributed by atoms with van der Waals surface area (Å²) in [5.74, 6) is 0.666. The lowest BCUT2D eigenvalue weighted by Gasteiger charge is -2.22. The second-order valence-electron chi connectivity index (χ2n) is 4.92. The topological polar surface area (TPSA) is 74.7 Å². The average molecular weight is 244 g/mol. The van der Waals surface area contributed by atoms with Gasteiger partial charge in [-0.2, -0.15) is 5.26 Å². The molecule has 18 heavy (non-hydrogen) atoms. The quantitative estimate of drug-likeness (QED) is 0.838. The number of nitriles is 1. The highest BCUT2D eigenvalue weighted by atomic mass is 15.0. The highest BCUT2D eigenvalue weighted by Crippen LogP contribution is 2.24. The molecule has 1 fully saturated rings. The second-order valence-corrected chi connectivity index (χ2v) is 4.92. The fraction of sp³-hybridized carbons (Fsp3) is 0.571. The Morgan fingerprint density at radius 2 is 1.89 bits per heavy atom. The maximum Gasteiger partial charge on any atom is 0.150 e. The van der Waals surface area contributed by atoms with Crippen molar-refractivity contribution in [3.05, 3.63) is 17.8 Å². The van der Waals surface area contributed by atoms with Crippen molar-refractivity contribution in [1.29, 1.82) is 5.26 Å². The van der Waals surface area contributed by atoms with Crippen LogP contribution in [-0.2, 0) is 0 Å². The Balaban J connectivity index is 2.06. The number of aromatic nitrogens is 1. The molecule has 0 radical (unpaired) electrons. The van der Waals surface area contributed by atoms with Crippen LogP contribution in [0.5, 0.6) is 0 Å². The van der Waals surface area contributed by atoms with Crippen molar-refractivity contribution in [2.75, 3.05) is 11.1 Å². The van der Waals surface area contributed by atoms with Crippen LogP contribution in [-0.4, -0.2) is 11.0 Å². The summed E-state index contributed by atoms with van der Waals surface area (Å²) in [6.45, 7) is 0. The van der Waals surface area contributed by atoms with Gasteiger partial charge in [0.05, 0.1) is 11.3 Å². The van der Waals surface area contributed by atoms with E-state index in [1.54, 1.807) is 12.3 Å². The van der Waals surface area contributed by atoms with Gasteiger partial charge in [-0.05, 0) is 18.9 Å². The van der Waals surface area contributed by atoms with Gasteiger partial charge in [0, 0.05) is 12.2 Å². The number of rotatable bonds is 2. The molecule has 0 bridgehead atoms. The van der Waals surface area contributed by atoms with Crippen molar-refractivity contribution in [3.8, 4) is 6.07 Å². The summed E-state index contributed by atoms with van der Waals surface area (Å²) in [7, 11) is 0. The van der Waals surface area contributed by atoms with Gasteiger partial charge in [0.2, 0.25) is 0 Å². The first kappa shape index (κ1) is 12.7. The average Bonchev–Trinajstić information content (AvgIpc) is 2.34. The van der Waals surface area contributed by atoms with Crippen molar-refractivity contribution >= 4 is 11.5 Å². The van der Waals surface area contributed by atoms with Crippen LogP contribution in [0.1, 0.15) is 50.5 Å². The lowest BCUT2D eigenvalue weighted by molar-refractivity contribution is 0.471. The third-order valence-electron chi connectivity index (χ3n) is 3.56. The normalized spacial score (nSPS) is 17.5. The zero-order valence-electron chi connectivity index (χ0n) is 10.7. The van der Waals surface area contributed by atoms with Crippen molar-refractivity contribution in [1.82, 2.24) is 4.98 Å². The van der Waals surface area contributed by atoms with Crippen LogP contribution >= 0.6 is 0 Å². The Morgan fingerprint density at radius 3 is 2.56 bits per heavy atom. The smallest absolute Gasteiger partial charge is 0.150 e. The number of nitrogens with zero attached hydrogens (tertiary/aromatic N) is 2. The van der Waals surface area contributed by atoms with Crippen LogP contribution in [0, 0.1) is 11.3 Å². The van der Waals surface area contributed by atoms with E-state index in [0.717, 1.165) is 12.8 Å². The van der Waals surface area contributed by atoms with Gasteiger partial charge in [-0.1, -0.05) is 32.1 Å². The summed E-state index contributed by atoms with van der Waals surface area (Å²) in [5.41, 5.74) is 6.91. The lowest BCUT2D eigenvalue weighted by atomic mass is 9.96. The molecule has 96 valence electrons. The van der Waals surface area contributed by atoms with E-state index >= 15 is 0 Å². The number of anilines is 2. The maximum absolute atomic E-state index is 8.95. The number of nitrogens with one attached hydrogen (secondary N) is 1. The summed E-state index contributed by atoms with van der Waals surface area (Å²) < 4.78 is 0. The Kier molecular flexibility index (Phi) is 4.40. The van der Waals surface area contributed by atoms with Gasteiger partial charge in [0.25, 0.3) is 0 Å². The fourth-order valence-corrected chi connectivity index (χ4v) is 2.48. The van der Waals surface area contributed by atoms with Crippen molar-refractivity contribution in [2.45, 2.75) is 51.0 Å². The molecule has 1 aromatic rings. The minimum atomic E-state index is 0.439. The van der Waals surface area contributed by atoms with Crippen LogP contribution in [0.3, 0.4) is 0 Å². The van der Waals surface area contributed by atoms with E-state index < -0.39 is 0 Å². The van der Waals surface area contributed by atoms with E-state index in [0.29, 0.717) is 23.1 Å². The molecule has 1 heterocycles. The van der Waals surface area contributed by atoms with Crippen LogP contribution in [0.25, 0.3) is 0 Å². The van der Waals surface area contributed by atoms with E-state index in [4.69, 9.17) is 11.0 Å². The van der Waals surface area contributed by atoms with Crippen LogP contribution in [0.15, 0.2) is 12.3 Å². The molecule has 1 aliphatic rings. The molecule has 0 unspecified atom stereocenters. The molecule has 4 nitrogen and oxygen atoms in total. The van der Waals surface area contributed by atoms with E-state index in [2.05, 4.69) is 16.4 Å². The molecule has 2 rings (SSSR count). The van der Waals surface area contributed by atoms with Gasteiger partial charge < -0.3 is 11.1 Å². The predicted molar refractivity (Wildman–Crippen MR) is 73.1 cm³/mol. The van der Waals surface area contributed by atoms with Crippen LogP contribution in [0.4, 0.5) is 11.5 Å². The van der Waals surface area contributed by atoms with Crippen LogP contribution < -0.4 is 11.1 Å². The van der Waals surface area contributed by atoms with Gasteiger partial charge >= 0.3 is 0 Å². The monoisotopic (exact) mass is 244 g/mol. The molecule has 0 spiro atoms. The lowest BCUT2D eigenvalue weighted by Crippen LogP contribution is -2.22. The third kappa shape index (κ3) is 3.13. The second kappa shape index (κ2) is 6.25. The third-order valence-corrected chi connectivity index (χ3v) is 3.56. The molecule has 4 heteroatoms. The Labute approximate surface area is 108 Å². The molecule has 0 saturated heterocycles. The van der Waals surface area contributed by atoms with Gasteiger partial charge in [-0.25, -0.2) is 4.98 Å². The van der Waals surface area contributed by atoms with Crippen molar-refractivity contribution in [2.24, 2.45) is 0 Å². The molecule has 3 N–H and O–H groups in total. The molecular formula is C14H20N4. The standard InChI is InChI=1S/C14H20N4/c15-10-11-8-9-17-14(13(11)16)18-12-6-4-2-1-3-5-7-12/h8-9,12H,1-7,16H2,(H,17,18). The number of hydrogen-bond acceptors (Lipinski definition) is 4. The summed E-state index contributed by atoms with van der Waals surface area (Å²) in [6.07, 6.45) is 10.5. The minimum Gasteiger partial charge on any atom is -0.395 e. The van der Waals surface area contributed by atoms with Gasteiger partial charge in [-0.3, -0.25) is 0 Å². The number of nitrogen functional groups attached to an aromatic ring is 1. The first-order valence-electron chi connectivity index (χ1n) is 6.72. The summed E-state index contributed by atoms with van der Waals surface area (Å²) in [4.78, 5) is 4.25. The molecule has 1 aromatic heterocycles. The molecule has 1 saturated carbocycles. The van der Waals surface area contributed by atoms with E-state index in [9.17, 15) is 0 Å². The molecule has 1 aliphatic carbocycles. The maximum atomic E-state index is 8.95. The summed E-state index contributed by atoms with van der Waals surface area (Å²) in [5, 5.41) is 12.3. The van der Waals surface area contributed by atoms with Gasteiger partial charge in [0.1, 0.15) is 6.07 Å². The van der Waals surface area contributed by atoms with E-state index in [1.807, 2.05) is 0 Å². The molecular weight excluding hydrogens is 224 g/mol. The van der Waals surface area contributed by atoms with E-state index in [1.165, 1.54) is 32.1 Å². The SMILES string of the molecule is N#Cc1ccnc(NC2CCCCCCC2)c1N. The Hall–Kier alpha value is -1.76. The largest absolute Gasteiger partial charge is 0.395 e. The molecule has 0 aromatic carbocycles. The van der Waals surface area contributed by atoms with Gasteiger partial charge in [0.15, 0.2) is 5.82 Å². The fourth-order valence-electron chi connectivity index (χ4n) is 2.48. The van der Waals surface area contributed by atoms with Crippen LogP contribution in [0.2, 0.25) is 0 Å². The zero-order valence-corrected chi connectivity index (χ0v) is 10.7. The Bertz CT molecular complexity index is 428. The molecule has 0 atom stereocenters. The minimum absolute atomic E-state index is 0.439. The number of nitrogens with two attached hydrogens (primary N) is 1. The highest BCUT2D eigenvalue weighted by Gasteiger charge is 2.14. The van der Waals surface area contributed by atoms with Crippen molar-refractivity contribution in [3.63, 3.8) is 0 Å². The highest BCUT2D eigenvalue weighted by molar-refractivity contribution is 5.69. The molecule has 0 amide bonds. The number of pyridine rings is 1. The summed E-state index contributed by atoms with van der Waals surface area (Å²) in [6, 6.07) is 4.18. The van der Waals surface area contributed by atoms with Crippen molar-refractivity contribution < 1.29 is 0 Å². The molecule has 0 aliphatic heterocycles. The first-order valence-corrected chi connectivity index (χ1v) is 6.72. The van der Waals surface area contributed by atoms with E-state index in [-0.39, 0.29) is 0 Å². The number of hydrogen-bond donors (Lipinski definition) is 2. The first-order chi connectivity index (χ1) is 8.81. The predicted octanol–water partition coefficient (Wildman–Crippen LogP) is 3.06.